The second-order valence-corrected chi connectivity index (χ2v) is 5.23. The van der Waals surface area contributed by atoms with Crippen LogP contribution in [0.25, 0.3) is 0 Å². The minimum Gasteiger partial charge on any atom is -0.466 e. The Labute approximate surface area is 97.8 Å². The van der Waals surface area contributed by atoms with Gasteiger partial charge in [0.1, 0.15) is 16.5 Å². The first-order valence-corrected chi connectivity index (χ1v) is 6.28. The summed E-state index contributed by atoms with van der Waals surface area (Å²) in [6.07, 6.45) is 1.63. The van der Waals surface area contributed by atoms with E-state index in [0.29, 0.717) is 0 Å². The van der Waals surface area contributed by atoms with Gasteiger partial charge in [-0.05, 0) is 19.1 Å². The second-order valence-electron chi connectivity index (χ2n) is 3.39. The van der Waals surface area contributed by atoms with Crippen LogP contribution in [0.3, 0.4) is 0 Å². The molecule has 2 atom stereocenters. The Morgan fingerprint density at radius 3 is 3.20 bits per heavy atom. The molecule has 1 amide bonds. The fourth-order valence-electron chi connectivity index (χ4n) is 1.59. The molecule has 82 valence electrons. The first-order valence-electron chi connectivity index (χ1n) is 4.79. The van der Waals surface area contributed by atoms with Crippen molar-refractivity contribution >= 4 is 29.3 Å². The Hall–Kier alpha value is -0.610. The fraction of sp³-hybridized carbons (Fsp3) is 0.500. The number of amides is 1. The summed E-state index contributed by atoms with van der Waals surface area (Å²) in [6, 6.07) is 3.73. The summed E-state index contributed by atoms with van der Waals surface area (Å²) in [6.45, 7) is 2.44. The molecular formula is C10H12ClNO2S. The highest BCUT2D eigenvalue weighted by molar-refractivity contribution is 7.99. The van der Waals surface area contributed by atoms with Crippen LogP contribution in [0.2, 0.25) is 0 Å². The second kappa shape index (κ2) is 4.49. The van der Waals surface area contributed by atoms with Crippen molar-refractivity contribution in [2.75, 3.05) is 12.3 Å². The molecule has 5 heteroatoms. The largest absolute Gasteiger partial charge is 0.466 e. The van der Waals surface area contributed by atoms with E-state index in [1.807, 2.05) is 12.1 Å². The van der Waals surface area contributed by atoms with Crippen LogP contribution in [-0.4, -0.2) is 28.5 Å². The van der Waals surface area contributed by atoms with Crippen molar-refractivity contribution in [2.24, 2.45) is 0 Å². The third kappa shape index (κ3) is 2.16. The van der Waals surface area contributed by atoms with E-state index in [0.717, 1.165) is 18.1 Å². The minimum absolute atomic E-state index is 0.00583. The van der Waals surface area contributed by atoms with Crippen LogP contribution >= 0.6 is 23.4 Å². The maximum atomic E-state index is 11.8. The van der Waals surface area contributed by atoms with Gasteiger partial charge < -0.3 is 9.32 Å². The Morgan fingerprint density at radius 2 is 2.60 bits per heavy atom. The summed E-state index contributed by atoms with van der Waals surface area (Å²) in [5.74, 6) is 1.73. The zero-order chi connectivity index (χ0) is 10.8. The Kier molecular flexibility index (Phi) is 3.26. The number of carbonyl (C=O) groups excluding carboxylic acids is 1. The van der Waals surface area contributed by atoms with E-state index in [2.05, 4.69) is 0 Å². The number of rotatable bonds is 2. The van der Waals surface area contributed by atoms with E-state index in [4.69, 9.17) is 16.0 Å². The molecule has 1 fully saturated rings. The SMILES string of the molecule is CC(Cl)C(=O)N1CCSC1c1ccco1. The number of carbonyl (C=O) groups is 1. The molecule has 2 heterocycles. The molecule has 1 aliphatic rings. The lowest BCUT2D eigenvalue weighted by Gasteiger charge is -2.23. The van der Waals surface area contributed by atoms with Gasteiger partial charge in [-0.3, -0.25) is 4.79 Å². The molecule has 1 saturated heterocycles. The van der Waals surface area contributed by atoms with Gasteiger partial charge in [-0.25, -0.2) is 0 Å². The summed E-state index contributed by atoms with van der Waals surface area (Å²) >= 11 is 7.51. The number of halogens is 1. The van der Waals surface area contributed by atoms with Gasteiger partial charge in [-0.2, -0.15) is 0 Å². The number of hydrogen-bond acceptors (Lipinski definition) is 3. The van der Waals surface area contributed by atoms with Crippen molar-refractivity contribution < 1.29 is 9.21 Å². The predicted octanol–water partition coefficient (Wildman–Crippen LogP) is 2.48. The lowest BCUT2D eigenvalue weighted by Crippen LogP contribution is -2.34. The van der Waals surface area contributed by atoms with Crippen LogP contribution in [-0.2, 0) is 4.79 Å². The zero-order valence-corrected chi connectivity index (χ0v) is 9.92. The van der Waals surface area contributed by atoms with E-state index in [9.17, 15) is 4.79 Å². The molecule has 15 heavy (non-hydrogen) atoms. The monoisotopic (exact) mass is 245 g/mol. The number of nitrogens with zero attached hydrogens (tertiary/aromatic N) is 1. The van der Waals surface area contributed by atoms with Gasteiger partial charge in [0.25, 0.3) is 0 Å². The summed E-state index contributed by atoms with van der Waals surface area (Å²) < 4.78 is 5.32. The molecule has 1 aromatic rings. The van der Waals surface area contributed by atoms with Crippen molar-refractivity contribution in [1.82, 2.24) is 4.90 Å². The summed E-state index contributed by atoms with van der Waals surface area (Å²) in [7, 11) is 0. The van der Waals surface area contributed by atoms with Gasteiger partial charge in [0, 0.05) is 12.3 Å². The van der Waals surface area contributed by atoms with Crippen LogP contribution < -0.4 is 0 Å². The molecule has 0 spiro atoms. The molecule has 0 aliphatic carbocycles. The highest BCUT2D eigenvalue weighted by Crippen LogP contribution is 2.38. The molecular weight excluding hydrogens is 234 g/mol. The third-order valence-corrected chi connectivity index (χ3v) is 3.71. The van der Waals surface area contributed by atoms with E-state index in [-0.39, 0.29) is 11.3 Å². The average Bonchev–Trinajstić information content (AvgIpc) is 2.86. The van der Waals surface area contributed by atoms with Crippen LogP contribution in [0.5, 0.6) is 0 Å². The van der Waals surface area contributed by atoms with Crippen LogP contribution in [0.4, 0.5) is 0 Å². The van der Waals surface area contributed by atoms with E-state index in [1.165, 1.54) is 0 Å². The summed E-state index contributed by atoms with van der Waals surface area (Å²) in [5.41, 5.74) is 0. The highest BCUT2D eigenvalue weighted by Gasteiger charge is 2.33. The predicted molar refractivity (Wildman–Crippen MR) is 60.9 cm³/mol. The lowest BCUT2D eigenvalue weighted by molar-refractivity contribution is -0.130. The molecule has 0 saturated carbocycles. The zero-order valence-electron chi connectivity index (χ0n) is 8.35. The van der Waals surface area contributed by atoms with Crippen LogP contribution in [0.15, 0.2) is 22.8 Å². The molecule has 0 radical (unpaired) electrons. The highest BCUT2D eigenvalue weighted by atomic mass is 35.5. The van der Waals surface area contributed by atoms with Gasteiger partial charge in [-0.15, -0.1) is 23.4 Å². The van der Waals surface area contributed by atoms with Gasteiger partial charge in [0.05, 0.1) is 6.26 Å². The van der Waals surface area contributed by atoms with Crippen molar-refractivity contribution in [2.45, 2.75) is 17.7 Å². The normalized spacial score (nSPS) is 23.1. The topological polar surface area (TPSA) is 33.5 Å². The molecule has 0 bridgehead atoms. The summed E-state index contributed by atoms with van der Waals surface area (Å²) in [4.78, 5) is 13.6. The van der Waals surface area contributed by atoms with E-state index >= 15 is 0 Å². The molecule has 1 aliphatic heterocycles. The van der Waals surface area contributed by atoms with Crippen molar-refractivity contribution in [3.05, 3.63) is 24.2 Å². The fourth-order valence-corrected chi connectivity index (χ4v) is 2.93. The number of alkyl halides is 1. The van der Waals surface area contributed by atoms with Gasteiger partial charge in [0.15, 0.2) is 0 Å². The number of hydrogen-bond donors (Lipinski definition) is 0. The molecule has 0 aromatic carbocycles. The number of furan rings is 1. The van der Waals surface area contributed by atoms with E-state index in [1.54, 1.807) is 29.8 Å². The molecule has 2 unspecified atom stereocenters. The maximum absolute atomic E-state index is 11.8. The first kappa shape index (κ1) is 10.9. The Balaban J connectivity index is 2.15. The molecule has 2 rings (SSSR count). The average molecular weight is 246 g/mol. The van der Waals surface area contributed by atoms with Gasteiger partial charge in [0.2, 0.25) is 5.91 Å². The quantitative estimate of drug-likeness (QED) is 0.751. The lowest BCUT2D eigenvalue weighted by atomic mass is 10.3. The Morgan fingerprint density at radius 1 is 1.80 bits per heavy atom. The number of thioether (sulfide) groups is 1. The van der Waals surface area contributed by atoms with E-state index < -0.39 is 5.38 Å². The van der Waals surface area contributed by atoms with Crippen molar-refractivity contribution in [1.29, 1.82) is 0 Å². The van der Waals surface area contributed by atoms with Crippen molar-refractivity contribution in [3.63, 3.8) is 0 Å². The summed E-state index contributed by atoms with van der Waals surface area (Å²) in [5, 5.41) is -0.477. The third-order valence-electron chi connectivity index (χ3n) is 2.30. The molecule has 1 aromatic heterocycles. The first-order chi connectivity index (χ1) is 7.20. The van der Waals surface area contributed by atoms with Gasteiger partial charge in [-0.1, -0.05) is 0 Å². The molecule has 0 N–H and O–H groups in total. The smallest absolute Gasteiger partial charge is 0.241 e. The van der Waals surface area contributed by atoms with Crippen LogP contribution in [0, 0.1) is 0 Å². The maximum Gasteiger partial charge on any atom is 0.241 e. The molecule has 3 nitrogen and oxygen atoms in total. The van der Waals surface area contributed by atoms with Crippen molar-refractivity contribution in [3.8, 4) is 0 Å². The minimum atomic E-state index is -0.471. The Bertz CT molecular complexity index is 339. The van der Waals surface area contributed by atoms with Crippen LogP contribution in [0.1, 0.15) is 18.1 Å². The standard InChI is InChI=1S/C10H12ClNO2S/c1-7(11)9(13)12-4-6-15-10(12)8-3-2-5-14-8/h2-3,5,7,10H,4,6H2,1H3. The van der Waals surface area contributed by atoms with Gasteiger partial charge >= 0.3 is 0 Å².